The summed E-state index contributed by atoms with van der Waals surface area (Å²) in [5.41, 5.74) is 1.40. The molecule has 0 unspecified atom stereocenters. The second-order valence-corrected chi connectivity index (χ2v) is 6.13. The first-order valence-corrected chi connectivity index (χ1v) is 7.35. The lowest BCUT2D eigenvalue weighted by atomic mass is 10.1. The summed E-state index contributed by atoms with van der Waals surface area (Å²) in [5.74, 6) is -1.00. The van der Waals surface area contributed by atoms with Gasteiger partial charge in [-0.05, 0) is 40.0 Å². The van der Waals surface area contributed by atoms with Gasteiger partial charge in [-0.3, -0.25) is 0 Å². The first kappa shape index (κ1) is 15.4. The van der Waals surface area contributed by atoms with Gasteiger partial charge in [-0.15, -0.1) is 0 Å². The molecule has 1 N–H and O–H groups in total. The molecule has 7 heteroatoms. The second-order valence-electron chi connectivity index (χ2n) is 4.52. The van der Waals surface area contributed by atoms with Crippen LogP contribution in [0.4, 0.5) is 0 Å². The monoisotopic (exact) mass is 376 g/mol. The highest BCUT2D eigenvalue weighted by molar-refractivity contribution is 9.10. The van der Waals surface area contributed by atoms with Gasteiger partial charge in [-0.25, -0.2) is 9.48 Å². The van der Waals surface area contributed by atoms with E-state index in [2.05, 4.69) is 21.0 Å². The molecule has 0 fully saturated rings. The van der Waals surface area contributed by atoms with Crippen LogP contribution in [0.5, 0.6) is 0 Å². The lowest BCUT2D eigenvalue weighted by molar-refractivity contribution is 0.0689. The molecule has 0 aliphatic heterocycles. The van der Waals surface area contributed by atoms with Gasteiger partial charge >= 0.3 is 5.97 Å². The van der Waals surface area contributed by atoms with E-state index in [1.54, 1.807) is 22.9 Å². The van der Waals surface area contributed by atoms with Crippen LogP contribution in [0.1, 0.15) is 35.9 Å². The number of hydrogen-bond acceptors (Lipinski definition) is 2. The summed E-state index contributed by atoms with van der Waals surface area (Å²) in [5, 5.41) is 14.1. The van der Waals surface area contributed by atoms with Gasteiger partial charge in [-0.2, -0.15) is 5.10 Å². The van der Waals surface area contributed by atoms with Gasteiger partial charge in [0.1, 0.15) is 0 Å². The summed E-state index contributed by atoms with van der Waals surface area (Å²) < 4.78 is 2.05. The number of aromatic carboxylic acids is 1. The molecular weight excluding hydrogens is 367 g/mol. The Balaban J connectivity index is 2.69. The van der Waals surface area contributed by atoms with E-state index in [9.17, 15) is 9.90 Å². The molecule has 1 heterocycles. The van der Waals surface area contributed by atoms with Crippen molar-refractivity contribution < 1.29 is 9.90 Å². The third-order valence-electron chi connectivity index (χ3n) is 2.76. The molecular formula is C13H11BrCl2N2O2. The summed E-state index contributed by atoms with van der Waals surface area (Å²) in [4.78, 5) is 11.2. The molecule has 0 saturated carbocycles. The van der Waals surface area contributed by atoms with E-state index >= 15 is 0 Å². The van der Waals surface area contributed by atoms with E-state index in [1.165, 1.54) is 0 Å². The van der Waals surface area contributed by atoms with Gasteiger partial charge in [0, 0.05) is 0 Å². The molecule has 0 spiro atoms. The molecule has 4 nitrogen and oxygen atoms in total. The average molecular weight is 378 g/mol. The van der Waals surface area contributed by atoms with Crippen LogP contribution in [-0.4, -0.2) is 20.9 Å². The number of benzene rings is 1. The van der Waals surface area contributed by atoms with Crippen molar-refractivity contribution in [2.24, 2.45) is 0 Å². The topological polar surface area (TPSA) is 55.1 Å². The molecule has 0 aliphatic rings. The fraction of sp³-hybridized carbons (Fsp3) is 0.231. The molecule has 20 heavy (non-hydrogen) atoms. The number of carbonyl (C=O) groups is 1. The van der Waals surface area contributed by atoms with Crippen LogP contribution >= 0.6 is 39.1 Å². The maximum absolute atomic E-state index is 11.2. The Morgan fingerprint density at radius 1 is 1.35 bits per heavy atom. The van der Waals surface area contributed by atoms with Crippen LogP contribution in [0.3, 0.4) is 0 Å². The average Bonchev–Trinajstić information content (AvgIpc) is 2.70. The van der Waals surface area contributed by atoms with Crippen molar-refractivity contribution in [3.8, 4) is 5.69 Å². The van der Waals surface area contributed by atoms with Crippen molar-refractivity contribution in [3.63, 3.8) is 0 Å². The largest absolute Gasteiger partial charge is 0.476 e. The summed E-state index contributed by atoms with van der Waals surface area (Å²) in [6.45, 7) is 3.92. The fourth-order valence-corrected chi connectivity index (χ4v) is 3.03. The highest BCUT2D eigenvalue weighted by Gasteiger charge is 2.23. The number of carboxylic acids is 1. The van der Waals surface area contributed by atoms with Crippen molar-refractivity contribution in [2.75, 3.05) is 0 Å². The molecule has 0 radical (unpaired) electrons. The molecule has 1 aromatic heterocycles. The highest BCUT2D eigenvalue weighted by Crippen LogP contribution is 2.32. The molecule has 0 aliphatic carbocycles. The Labute approximate surface area is 134 Å². The molecule has 0 atom stereocenters. The molecule has 0 bridgehead atoms. The maximum Gasteiger partial charge on any atom is 0.357 e. The Kier molecular flexibility index (Phi) is 4.42. The zero-order chi connectivity index (χ0) is 15.0. The zero-order valence-corrected chi connectivity index (χ0v) is 13.8. The summed E-state index contributed by atoms with van der Waals surface area (Å²) in [6.07, 6.45) is 0. The van der Waals surface area contributed by atoms with E-state index < -0.39 is 5.97 Å². The van der Waals surface area contributed by atoms with Gasteiger partial charge in [0.25, 0.3) is 0 Å². The molecule has 0 saturated heterocycles. The van der Waals surface area contributed by atoms with Crippen LogP contribution in [0, 0.1) is 0 Å². The van der Waals surface area contributed by atoms with E-state index in [0.717, 1.165) is 5.69 Å². The van der Waals surface area contributed by atoms with Crippen molar-refractivity contribution >= 4 is 45.1 Å². The van der Waals surface area contributed by atoms with Crippen LogP contribution in [0.2, 0.25) is 10.0 Å². The van der Waals surface area contributed by atoms with Gasteiger partial charge < -0.3 is 5.11 Å². The van der Waals surface area contributed by atoms with Crippen molar-refractivity contribution in [3.05, 3.63) is 44.1 Å². The van der Waals surface area contributed by atoms with Gasteiger partial charge in [0.2, 0.25) is 0 Å². The Morgan fingerprint density at radius 3 is 2.50 bits per heavy atom. The summed E-state index contributed by atoms with van der Waals surface area (Å²) in [6, 6.07) is 5.05. The van der Waals surface area contributed by atoms with Gasteiger partial charge in [0.05, 0.1) is 25.9 Å². The number of halogens is 3. The van der Waals surface area contributed by atoms with Crippen molar-refractivity contribution in [1.29, 1.82) is 0 Å². The Morgan fingerprint density at radius 2 is 2.00 bits per heavy atom. The summed E-state index contributed by atoms with van der Waals surface area (Å²) >= 11 is 15.2. The molecule has 1 aromatic carbocycles. The standard InChI is InChI=1S/C13H11BrCl2N2O2/c1-6(2)12-10(14)11(13(19)20)17-18(12)7-3-4-8(15)9(16)5-7/h3-6H,1-2H3,(H,19,20). The predicted octanol–water partition coefficient (Wildman–Crippen LogP) is 4.76. The molecule has 0 amide bonds. The smallest absolute Gasteiger partial charge is 0.357 e. The fourth-order valence-electron chi connectivity index (χ4n) is 1.86. The predicted molar refractivity (Wildman–Crippen MR) is 82.3 cm³/mol. The minimum atomic E-state index is -1.09. The minimum Gasteiger partial charge on any atom is -0.476 e. The third-order valence-corrected chi connectivity index (χ3v) is 4.28. The van der Waals surface area contributed by atoms with E-state index in [0.29, 0.717) is 20.2 Å². The van der Waals surface area contributed by atoms with Crippen molar-refractivity contribution in [2.45, 2.75) is 19.8 Å². The molecule has 2 rings (SSSR count). The van der Waals surface area contributed by atoms with Crippen molar-refractivity contribution in [1.82, 2.24) is 9.78 Å². The Bertz CT molecular complexity index is 683. The van der Waals surface area contributed by atoms with E-state index in [-0.39, 0.29) is 11.6 Å². The number of aromatic nitrogens is 2. The number of rotatable bonds is 3. The first-order valence-electron chi connectivity index (χ1n) is 5.80. The van der Waals surface area contributed by atoms with Gasteiger partial charge in [-0.1, -0.05) is 37.0 Å². The second kappa shape index (κ2) is 5.76. The lowest BCUT2D eigenvalue weighted by Gasteiger charge is -2.11. The minimum absolute atomic E-state index is 0.0280. The van der Waals surface area contributed by atoms with Gasteiger partial charge in [0.15, 0.2) is 5.69 Å². The van der Waals surface area contributed by atoms with Crippen LogP contribution < -0.4 is 0 Å². The lowest BCUT2D eigenvalue weighted by Crippen LogP contribution is -2.05. The number of hydrogen-bond donors (Lipinski definition) is 1. The number of nitrogens with zero attached hydrogens (tertiary/aromatic N) is 2. The maximum atomic E-state index is 11.2. The third kappa shape index (κ3) is 2.71. The van der Waals surface area contributed by atoms with E-state index in [1.807, 2.05) is 13.8 Å². The van der Waals surface area contributed by atoms with Crippen LogP contribution in [-0.2, 0) is 0 Å². The normalized spacial score (nSPS) is 11.1. The number of carboxylic acid groups (broad SMARTS) is 1. The Hall–Kier alpha value is -1.04. The zero-order valence-electron chi connectivity index (χ0n) is 10.7. The SMILES string of the molecule is CC(C)c1c(Br)c(C(=O)O)nn1-c1ccc(Cl)c(Cl)c1. The quantitative estimate of drug-likeness (QED) is 0.838. The van der Waals surface area contributed by atoms with E-state index in [4.69, 9.17) is 23.2 Å². The van der Waals surface area contributed by atoms with Crippen LogP contribution in [0.15, 0.2) is 22.7 Å². The molecule has 2 aromatic rings. The highest BCUT2D eigenvalue weighted by atomic mass is 79.9. The summed E-state index contributed by atoms with van der Waals surface area (Å²) in [7, 11) is 0. The first-order chi connectivity index (χ1) is 9.32. The van der Waals surface area contributed by atoms with Crippen LogP contribution in [0.25, 0.3) is 5.69 Å². The molecule has 106 valence electrons.